The number of anilines is 1. The quantitative estimate of drug-likeness (QED) is 0.688. The summed E-state index contributed by atoms with van der Waals surface area (Å²) in [6.07, 6.45) is 4.35. The van der Waals surface area contributed by atoms with Gasteiger partial charge in [-0.15, -0.1) is 0 Å². The smallest absolute Gasteiger partial charge is 0.261 e. The van der Waals surface area contributed by atoms with Crippen LogP contribution in [0.4, 0.5) is 10.1 Å². The van der Waals surface area contributed by atoms with Gasteiger partial charge in [0, 0.05) is 6.54 Å². The van der Waals surface area contributed by atoms with Crippen LogP contribution in [-0.2, 0) is 12.8 Å². The number of halogens is 1. The average molecular weight is 363 g/mol. The highest BCUT2D eigenvalue weighted by atomic mass is 19.1. The van der Waals surface area contributed by atoms with Crippen molar-refractivity contribution in [3.8, 4) is 5.69 Å². The molecule has 27 heavy (non-hydrogen) atoms. The van der Waals surface area contributed by atoms with Crippen LogP contribution < -0.4 is 4.90 Å². The summed E-state index contributed by atoms with van der Waals surface area (Å²) in [5.41, 5.74) is 4.94. The van der Waals surface area contributed by atoms with Crippen molar-refractivity contribution in [2.45, 2.75) is 33.1 Å². The number of para-hydroxylation sites is 2. The van der Waals surface area contributed by atoms with Gasteiger partial charge in [-0.25, -0.2) is 9.07 Å². The first-order valence-electron chi connectivity index (χ1n) is 9.34. The standard InChI is InChI=1S/C22H22FN3O/c1-3-16-8-6-9-17-10-7-13-25(21(16)17)22(27)18-14-24-26(15(18)2)20-12-5-4-11-19(20)23/h4-6,8-9,11-12,14H,3,7,10,13H2,1-2H3. The predicted octanol–water partition coefficient (Wildman–Crippen LogP) is 4.48. The molecule has 0 radical (unpaired) electrons. The molecule has 1 aromatic heterocycles. The molecule has 0 unspecified atom stereocenters. The van der Waals surface area contributed by atoms with E-state index in [1.165, 1.54) is 21.9 Å². The lowest BCUT2D eigenvalue weighted by Crippen LogP contribution is -2.36. The molecule has 1 amide bonds. The summed E-state index contributed by atoms with van der Waals surface area (Å²) in [5, 5.41) is 4.29. The number of benzene rings is 2. The predicted molar refractivity (Wildman–Crippen MR) is 104 cm³/mol. The maximum absolute atomic E-state index is 14.2. The maximum Gasteiger partial charge on any atom is 0.261 e. The normalized spacial score (nSPS) is 13.5. The van der Waals surface area contributed by atoms with Gasteiger partial charge in [0.2, 0.25) is 0 Å². The van der Waals surface area contributed by atoms with Crippen LogP contribution in [0.1, 0.15) is 40.5 Å². The van der Waals surface area contributed by atoms with Crippen molar-refractivity contribution in [2.75, 3.05) is 11.4 Å². The van der Waals surface area contributed by atoms with Crippen molar-refractivity contribution < 1.29 is 9.18 Å². The van der Waals surface area contributed by atoms with E-state index in [1.54, 1.807) is 24.4 Å². The Labute approximate surface area is 158 Å². The SMILES string of the molecule is CCc1cccc2c1N(C(=O)c1cnn(-c3ccccc3F)c1C)CCC2. The van der Waals surface area contributed by atoms with E-state index in [2.05, 4.69) is 30.2 Å². The van der Waals surface area contributed by atoms with Crippen LogP contribution in [0, 0.1) is 12.7 Å². The molecule has 2 aromatic carbocycles. The molecule has 4 nitrogen and oxygen atoms in total. The lowest BCUT2D eigenvalue weighted by molar-refractivity contribution is 0.0984. The number of fused-ring (bicyclic) bond motifs is 1. The molecule has 0 bridgehead atoms. The second-order valence-electron chi connectivity index (χ2n) is 6.85. The Hall–Kier alpha value is -2.95. The molecule has 0 spiro atoms. The second-order valence-corrected chi connectivity index (χ2v) is 6.85. The number of hydrogen-bond acceptors (Lipinski definition) is 2. The van der Waals surface area contributed by atoms with Gasteiger partial charge in [-0.05, 0) is 49.4 Å². The molecule has 138 valence electrons. The molecular weight excluding hydrogens is 341 g/mol. The summed E-state index contributed by atoms with van der Waals surface area (Å²) in [6, 6.07) is 12.7. The third-order valence-corrected chi connectivity index (χ3v) is 5.25. The molecule has 0 saturated carbocycles. The fraction of sp³-hybridized carbons (Fsp3) is 0.273. The minimum absolute atomic E-state index is 0.0723. The van der Waals surface area contributed by atoms with E-state index in [0.717, 1.165) is 24.9 Å². The highest BCUT2D eigenvalue weighted by Gasteiger charge is 2.28. The van der Waals surface area contributed by atoms with Crippen molar-refractivity contribution in [1.29, 1.82) is 0 Å². The Balaban J connectivity index is 1.75. The number of aryl methyl sites for hydroxylation is 2. The molecular formula is C22H22FN3O. The highest BCUT2D eigenvalue weighted by Crippen LogP contribution is 2.33. The summed E-state index contributed by atoms with van der Waals surface area (Å²) in [7, 11) is 0. The molecule has 4 rings (SSSR count). The zero-order chi connectivity index (χ0) is 19.0. The fourth-order valence-electron chi connectivity index (χ4n) is 3.85. The number of amides is 1. The number of carbonyl (C=O) groups excluding carboxylic acids is 1. The fourth-order valence-corrected chi connectivity index (χ4v) is 3.85. The molecule has 0 N–H and O–H groups in total. The topological polar surface area (TPSA) is 38.1 Å². The van der Waals surface area contributed by atoms with Gasteiger partial charge < -0.3 is 4.90 Å². The van der Waals surface area contributed by atoms with E-state index in [4.69, 9.17) is 0 Å². The van der Waals surface area contributed by atoms with Crippen LogP contribution in [0.2, 0.25) is 0 Å². The first kappa shape index (κ1) is 17.5. The molecule has 1 aliphatic rings. The zero-order valence-corrected chi connectivity index (χ0v) is 15.6. The van der Waals surface area contributed by atoms with Crippen LogP contribution in [0.15, 0.2) is 48.7 Å². The van der Waals surface area contributed by atoms with Gasteiger partial charge in [-0.3, -0.25) is 4.79 Å². The maximum atomic E-state index is 14.2. The number of nitrogens with zero attached hydrogens (tertiary/aromatic N) is 3. The summed E-state index contributed by atoms with van der Waals surface area (Å²) >= 11 is 0. The Morgan fingerprint density at radius 1 is 1.19 bits per heavy atom. The lowest BCUT2D eigenvalue weighted by Gasteiger charge is -2.31. The Kier molecular flexibility index (Phi) is 4.52. The molecule has 0 saturated heterocycles. The highest BCUT2D eigenvalue weighted by molar-refractivity contribution is 6.07. The minimum Gasteiger partial charge on any atom is -0.308 e. The molecule has 0 fully saturated rings. The Morgan fingerprint density at radius 3 is 2.78 bits per heavy atom. The third kappa shape index (κ3) is 2.93. The van der Waals surface area contributed by atoms with Crippen molar-refractivity contribution >= 4 is 11.6 Å². The van der Waals surface area contributed by atoms with Crippen LogP contribution in [0.25, 0.3) is 5.69 Å². The van der Waals surface area contributed by atoms with E-state index in [1.807, 2.05) is 11.8 Å². The van der Waals surface area contributed by atoms with E-state index in [9.17, 15) is 9.18 Å². The molecule has 0 atom stereocenters. The molecule has 5 heteroatoms. The third-order valence-electron chi connectivity index (χ3n) is 5.25. The van der Waals surface area contributed by atoms with Gasteiger partial charge in [0.1, 0.15) is 11.5 Å². The summed E-state index contributed by atoms with van der Waals surface area (Å²) in [4.78, 5) is 15.2. The van der Waals surface area contributed by atoms with Gasteiger partial charge in [-0.1, -0.05) is 37.3 Å². The summed E-state index contributed by atoms with van der Waals surface area (Å²) in [6.45, 7) is 4.60. The lowest BCUT2D eigenvalue weighted by atomic mass is 9.96. The second kappa shape index (κ2) is 6.99. The van der Waals surface area contributed by atoms with E-state index < -0.39 is 0 Å². The van der Waals surface area contributed by atoms with Crippen LogP contribution in [0.3, 0.4) is 0 Å². The molecule has 2 heterocycles. The summed E-state index contributed by atoms with van der Waals surface area (Å²) < 4.78 is 15.7. The minimum atomic E-state index is -0.362. The summed E-state index contributed by atoms with van der Waals surface area (Å²) in [5.74, 6) is -0.434. The first-order chi connectivity index (χ1) is 13.1. The van der Waals surface area contributed by atoms with Crippen molar-refractivity contribution in [1.82, 2.24) is 9.78 Å². The van der Waals surface area contributed by atoms with Gasteiger partial charge >= 0.3 is 0 Å². The molecule has 0 aliphatic carbocycles. The van der Waals surface area contributed by atoms with Gasteiger partial charge in [-0.2, -0.15) is 5.10 Å². The van der Waals surface area contributed by atoms with E-state index >= 15 is 0 Å². The van der Waals surface area contributed by atoms with Crippen molar-refractivity contribution in [3.63, 3.8) is 0 Å². The largest absolute Gasteiger partial charge is 0.308 e. The number of aromatic nitrogens is 2. The zero-order valence-electron chi connectivity index (χ0n) is 15.6. The van der Waals surface area contributed by atoms with Gasteiger partial charge in [0.05, 0.1) is 23.1 Å². The Morgan fingerprint density at radius 2 is 2.00 bits per heavy atom. The Bertz CT molecular complexity index is 994. The van der Waals surface area contributed by atoms with Crippen LogP contribution >= 0.6 is 0 Å². The van der Waals surface area contributed by atoms with E-state index in [0.29, 0.717) is 23.5 Å². The van der Waals surface area contributed by atoms with Crippen molar-refractivity contribution in [3.05, 3.63) is 76.9 Å². The molecule has 3 aromatic rings. The van der Waals surface area contributed by atoms with Crippen LogP contribution in [-0.4, -0.2) is 22.2 Å². The van der Waals surface area contributed by atoms with Crippen molar-refractivity contribution in [2.24, 2.45) is 0 Å². The number of carbonyl (C=O) groups is 1. The number of hydrogen-bond donors (Lipinski definition) is 0. The monoisotopic (exact) mass is 363 g/mol. The van der Waals surface area contributed by atoms with E-state index in [-0.39, 0.29) is 11.7 Å². The van der Waals surface area contributed by atoms with Gasteiger partial charge in [0.25, 0.3) is 5.91 Å². The average Bonchev–Trinajstić information content (AvgIpc) is 3.08. The molecule has 1 aliphatic heterocycles. The first-order valence-corrected chi connectivity index (χ1v) is 9.34. The van der Waals surface area contributed by atoms with Gasteiger partial charge in [0.15, 0.2) is 0 Å². The van der Waals surface area contributed by atoms with Crippen LogP contribution in [0.5, 0.6) is 0 Å². The number of rotatable bonds is 3.